The van der Waals surface area contributed by atoms with Gasteiger partial charge in [-0.05, 0) is 32.6 Å². The lowest BCUT2D eigenvalue weighted by Crippen LogP contribution is -2.45. The standard InChI is InChI=1S/C15H23ClFN3/c1-19-8-10-20(11-9-19)7-3-6-18-12-13-4-2-5-14(16)15(13)17/h2,4-5,18H,3,6-12H2,1H3. The van der Waals surface area contributed by atoms with E-state index in [-0.39, 0.29) is 10.8 Å². The van der Waals surface area contributed by atoms with Crippen LogP contribution in [0.1, 0.15) is 12.0 Å². The van der Waals surface area contributed by atoms with Crippen LogP contribution in [0.25, 0.3) is 0 Å². The van der Waals surface area contributed by atoms with Crippen LogP contribution in [0.2, 0.25) is 5.02 Å². The van der Waals surface area contributed by atoms with Gasteiger partial charge in [-0.3, -0.25) is 0 Å². The fourth-order valence-corrected chi connectivity index (χ4v) is 2.60. The average molecular weight is 300 g/mol. The Morgan fingerprint density at radius 3 is 2.75 bits per heavy atom. The Morgan fingerprint density at radius 2 is 2.00 bits per heavy atom. The Morgan fingerprint density at radius 1 is 1.25 bits per heavy atom. The molecule has 0 spiro atoms. The molecule has 1 aliphatic heterocycles. The van der Waals surface area contributed by atoms with Crippen LogP contribution >= 0.6 is 11.6 Å². The highest BCUT2D eigenvalue weighted by Gasteiger charge is 2.12. The van der Waals surface area contributed by atoms with Crippen LogP contribution in [-0.4, -0.2) is 56.1 Å². The van der Waals surface area contributed by atoms with E-state index in [9.17, 15) is 4.39 Å². The van der Waals surface area contributed by atoms with Crippen LogP contribution in [0.4, 0.5) is 4.39 Å². The Bertz CT molecular complexity index is 420. The first-order valence-corrected chi connectivity index (χ1v) is 7.59. The van der Waals surface area contributed by atoms with Crippen LogP contribution in [0.15, 0.2) is 18.2 Å². The Balaban J connectivity index is 1.61. The normalized spacial score (nSPS) is 17.6. The predicted octanol–water partition coefficient (Wildman–Crippen LogP) is 2.21. The molecule has 1 saturated heterocycles. The number of benzene rings is 1. The third-order valence-electron chi connectivity index (χ3n) is 3.77. The maximum Gasteiger partial charge on any atom is 0.146 e. The summed E-state index contributed by atoms with van der Waals surface area (Å²) in [6.45, 7) is 7.16. The lowest BCUT2D eigenvalue weighted by Gasteiger charge is -2.32. The van der Waals surface area contributed by atoms with Crippen molar-refractivity contribution in [1.82, 2.24) is 15.1 Å². The molecule has 1 aromatic carbocycles. The summed E-state index contributed by atoms with van der Waals surface area (Å²) in [5.41, 5.74) is 0.636. The van der Waals surface area contributed by atoms with Crippen molar-refractivity contribution in [2.24, 2.45) is 0 Å². The van der Waals surface area contributed by atoms with Gasteiger partial charge in [0.1, 0.15) is 5.82 Å². The molecule has 1 N–H and O–H groups in total. The van der Waals surface area contributed by atoms with Gasteiger partial charge in [-0.1, -0.05) is 23.7 Å². The van der Waals surface area contributed by atoms with Gasteiger partial charge in [-0.15, -0.1) is 0 Å². The fourth-order valence-electron chi connectivity index (χ4n) is 2.41. The summed E-state index contributed by atoms with van der Waals surface area (Å²) in [4.78, 5) is 4.85. The number of hydrogen-bond donors (Lipinski definition) is 1. The van der Waals surface area contributed by atoms with E-state index in [0.717, 1.165) is 45.7 Å². The Kier molecular flexibility index (Phi) is 6.23. The van der Waals surface area contributed by atoms with Crippen LogP contribution in [-0.2, 0) is 6.54 Å². The molecule has 1 aliphatic rings. The molecule has 5 heteroatoms. The molecule has 0 aromatic heterocycles. The highest BCUT2D eigenvalue weighted by molar-refractivity contribution is 6.30. The van der Waals surface area contributed by atoms with Crippen molar-refractivity contribution in [2.45, 2.75) is 13.0 Å². The van der Waals surface area contributed by atoms with E-state index in [4.69, 9.17) is 11.6 Å². The average Bonchev–Trinajstić information content (AvgIpc) is 2.45. The van der Waals surface area contributed by atoms with Gasteiger partial charge in [0.25, 0.3) is 0 Å². The van der Waals surface area contributed by atoms with E-state index in [2.05, 4.69) is 22.2 Å². The quantitative estimate of drug-likeness (QED) is 0.813. The van der Waals surface area contributed by atoms with Gasteiger partial charge in [0.2, 0.25) is 0 Å². The number of nitrogens with one attached hydrogen (secondary N) is 1. The smallest absolute Gasteiger partial charge is 0.146 e. The molecule has 0 aliphatic carbocycles. The molecule has 1 fully saturated rings. The zero-order valence-electron chi connectivity index (χ0n) is 12.0. The summed E-state index contributed by atoms with van der Waals surface area (Å²) in [5.74, 6) is -0.305. The molecule has 0 saturated carbocycles. The van der Waals surface area contributed by atoms with Crippen molar-refractivity contribution in [1.29, 1.82) is 0 Å². The highest BCUT2D eigenvalue weighted by Crippen LogP contribution is 2.17. The topological polar surface area (TPSA) is 18.5 Å². The van der Waals surface area contributed by atoms with E-state index in [1.54, 1.807) is 18.2 Å². The number of hydrogen-bond acceptors (Lipinski definition) is 3. The van der Waals surface area contributed by atoms with Crippen molar-refractivity contribution in [3.63, 3.8) is 0 Å². The largest absolute Gasteiger partial charge is 0.313 e. The summed E-state index contributed by atoms with van der Waals surface area (Å²) in [7, 11) is 2.17. The van der Waals surface area contributed by atoms with E-state index in [0.29, 0.717) is 12.1 Å². The SMILES string of the molecule is CN1CCN(CCCNCc2cccc(Cl)c2F)CC1. The van der Waals surface area contributed by atoms with Gasteiger partial charge < -0.3 is 15.1 Å². The van der Waals surface area contributed by atoms with Crippen LogP contribution < -0.4 is 5.32 Å². The van der Waals surface area contributed by atoms with Crippen LogP contribution in [0, 0.1) is 5.82 Å². The molecule has 1 heterocycles. The minimum absolute atomic E-state index is 0.196. The molecule has 0 atom stereocenters. The third kappa shape index (κ3) is 4.70. The summed E-state index contributed by atoms with van der Waals surface area (Å²) < 4.78 is 13.7. The zero-order valence-corrected chi connectivity index (χ0v) is 12.8. The van der Waals surface area contributed by atoms with Crippen molar-refractivity contribution in [2.75, 3.05) is 46.3 Å². The molecule has 1 aromatic rings. The fraction of sp³-hybridized carbons (Fsp3) is 0.600. The second kappa shape index (κ2) is 7.93. The van der Waals surface area contributed by atoms with Gasteiger partial charge in [-0.25, -0.2) is 4.39 Å². The van der Waals surface area contributed by atoms with Crippen molar-refractivity contribution in [3.8, 4) is 0 Å². The third-order valence-corrected chi connectivity index (χ3v) is 4.06. The Labute approximate surface area is 125 Å². The first kappa shape index (κ1) is 15.7. The predicted molar refractivity (Wildman–Crippen MR) is 81.7 cm³/mol. The van der Waals surface area contributed by atoms with Gasteiger partial charge >= 0.3 is 0 Å². The minimum Gasteiger partial charge on any atom is -0.313 e. The van der Waals surface area contributed by atoms with Crippen LogP contribution in [0.5, 0.6) is 0 Å². The number of halogens is 2. The molecule has 20 heavy (non-hydrogen) atoms. The second-order valence-corrected chi connectivity index (χ2v) is 5.80. The van der Waals surface area contributed by atoms with Crippen molar-refractivity contribution in [3.05, 3.63) is 34.6 Å². The molecule has 0 amide bonds. The second-order valence-electron chi connectivity index (χ2n) is 5.39. The number of likely N-dealkylation sites (N-methyl/N-ethyl adjacent to an activating group) is 1. The molecular formula is C15H23ClFN3. The van der Waals surface area contributed by atoms with Crippen LogP contribution in [0.3, 0.4) is 0 Å². The van der Waals surface area contributed by atoms with Gasteiger partial charge in [0.15, 0.2) is 0 Å². The summed E-state index contributed by atoms with van der Waals surface area (Å²) in [6.07, 6.45) is 1.09. The molecule has 2 rings (SSSR count). The van der Waals surface area contributed by atoms with E-state index in [1.165, 1.54) is 0 Å². The lowest BCUT2D eigenvalue weighted by molar-refractivity contribution is 0.152. The van der Waals surface area contributed by atoms with Crippen molar-refractivity contribution < 1.29 is 4.39 Å². The zero-order chi connectivity index (χ0) is 14.4. The Hall–Kier alpha value is -0.680. The summed E-state index contributed by atoms with van der Waals surface area (Å²) >= 11 is 5.75. The first-order valence-electron chi connectivity index (χ1n) is 7.21. The summed E-state index contributed by atoms with van der Waals surface area (Å²) in [6, 6.07) is 5.13. The minimum atomic E-state index is -0.305. The number of nitrogens with zero attached hydrogens (tertiary/aromatic N) is 2. The molecule has 0 bridgehead atoms. The first-order chi connectivity index (χ1) is 9.66. The maximum absolute atomic E-state index is 13.7. The van der Waals surface area contributed by atoms with Gasteiger partial charge in [-0.2, -0.15) is 0 Å². The molecule has 112 valence electrons. The van der Waals surface area contributed by atoms with E-state index < -0.39 is 0 Å². The molecule has 0 unspecified atom stereocenters. The summed E-state index contributed by atoms with van der Waals surface area (Å²) in [5, 5.41) is 3.48. The highest BCUT2D eigenvalue weighted by atomic mass is 35.5. The molecular weight excluding hydrogens is 277 g/mol. The van der Waals surface area contributed by atoms with E-state index in [1.807, 2.05) is 0 Å². The lowest BCUT2D eigenvalue weighted by atomic mass is 10.2. The maximum atomic E-state index is 13.7. The molecule has 0 radical (unpaired) electrons. The molecule has 3 nitrogen and oxygen atoms in total. The van der Waals surface area contributed by atoms with Gasteiger partial charge in [0, 0.05) is 38.3 Å². The number of rotatable bonds is 6. The van der Waals surface area contributed by atoms with Crippen molar-refractivity contribution >= 4 is 11.6 Å². The van der Waals surface area contributed by atoms with Gasteiger partial charge in [0.05, 0.1) is 5.02 Å². The van der Waals surface area contributed by atoms with E-state index >= 15 is 0 Å². The monoisotopic (exact) mass is 299 g/mol. The number of piperazine rings is 1.